The minimum atomic E-state index is 0.983. The zero-order valence-corrected chi connectivity index (χ0v) is 12.7. The van der Waals surface area contributed by atoms with Gasteiger partial charge in [-0.25, -0.2) is 4.98 Å². The molecular formula is C12H17BrN4S. The van der Waals surface area contributed by atoms with Crippen LogP contribution in [0, 0.1) is 0 Å². The van der Waals surface area contributed by atoms with Gasteiger partial charge in [-0.1, -0.05) is 15.9 Å². The molecule has 1 aliphatic heterocycles. The maximum absolute atomic E-state index is 4.64. The van der Waals surface area contributed by atoms with Crippen molar-refractivity contribution in [3.05, 3.63) is 23.5 Å². The molecule has 0 bridgehead atoms. The van der Waals surface area contributed by atoms with Gasteiger partial charge >= 0.3 is 0 Å². The molecule has 0 aromatic carbocycles. The molecule has 1 saturated heterocycles. The van der Waals surface area contributed by atoms with Gasteiger partial charge in [0.1, 0.15) is 0 Å². The molecule has 0 radical (unpaired) electrons. The summed E-state index contributed by atoms with van der Waals surface area (Å²) < 4.78 is 2.11. The average molecular weight is 329 g/mol. The van der Waals surface area contributed by atoms with Gasteiger partial charge in [-0.3, -0.25) is 14.2 Å². The van der Waals surface area contributed by atoms with Gasteiger partial charge in [0.15, 0.2) is 4.96 Å². The molecule has 0 spiro atoms. The van der Waals surface area contributed by atoms with Crippen molar-refractivity contribution in [2.24, 2.45) is 0 Å². The number of aromatic nitrogens is 2. The third-order valence-corrected chi connectivity index (χ3v) is 4.52. The quantitative estimate of drug-likeness (QED) is 0.801. The van der Waals surface area contributed by atoms with Crippen LogP contribution in [0.2, 0.25) is 0 Å². The maximum atomic E-state index is 4.64. The largest absolute Gasteiger partial charge is 0.300 e. The lowest BCUT2D eigenvalue weighted by Gasteiger charge is -2.33. The first-order chi connectivity index (χ1) is 8.85. The smallest absolute Gasteiger partial charge is 0.193 e. The number of hydrogen-bond acceptors (Lipinski definition) is 4. The molecule has 2 aromatic rings. The van der Waals surface area contributed by atoms with Crippen molar-refractivity contribution in [1.29, 1.82) is 0 Å². The Morgan fingerprint density at radius 3 is 2.72 bits per heavy atom. The van der Waals surface area contributed by atoms with E-state index in [2.05, 4.69) is 52.9 Å². The molecule has 2 aromatic heterocycles. The number of piperazine rings is 1. The first-order valence-corrected chi connectivity index (χ1v) is 8.27. The molecule has 1 fully saturated rings. The number of hydrogen-bond donors (Lipinski definition) is 0. The Hall–Kier alpha value is -0.430. The van der Waals surface area contributed by atoms with E-state index >= 15 is 0 Å². The van der Waals surface area contributed by atoms with E-state index in [4.69, 9.17) is 0 Å². The number of imidazole rings is 1. The summed E-state index contributed by atoms with van der Waals surface area (Å²) in [5, 5.41) is 3.15. The fourth-order valence-corrected chi connectivity index (χ4v) is 3.59. The van der Waals surface area contributed by atoms with Crippen molar-refractivity contribution in [3.8, 4) is 0 Å². The third kappa shape index (κ3) is 2.77. The summed E-state index contributed by atoms with van der Waals surface area (Å²) in [6.45, 7) is 6.79. The molecule has 4 nitrogen and oxygen atoms in total. The second-order valence-electron chi connectivity index (χ2n) is 4.63. The third-order valence-electron chi connectivity index (χ3n) is 3.39. The molecule has 0 aliphatic carbocycles. The van der Waals surface area contributed by atoms with E-state index in [1.54, 1.807) is 11.3 Å². The molecule has 6 heteroatoms. The lowest BCUT2D eigenvalue weighted by molar-refractivity contribution is 0.132. The monoisotopic (exact) mass is 328 g/mol. The van der Waals surface area contributed by atoms with Gasteiger partial charge in [0, 0.05) is 62.4 Å². The molecule has 0 saturated carbocycles. The Kier molecular flexibility index (Phi) is 3.98. The fourth-order valence-electron chi connectivity index (χ4n) is 2.37. The molecule has 98 valence electrons. The summed E-state index contributed by atoms with van der Waals surface area (Å²) in [6, 6.07) is 0. The Morgan fingerprint density at radius 2 is 2.00 bits per heavy atom. The van der Waals surface area contributed by atoms with Crippen LogP contribution >= 0.6 is 27.3 Å². The zero-order valence-electron chi connectivity index (χ0n) is 10.3. The molecule has 3 heterocycles. The number of nitrogens with zero attached hydrogens (tertiary/aromatic N) is 4. The highest BCUT2D eigenvalue weighted by molar-refractivity contribution is 9.09. The summed E-state index contributed by atoms with van der Waals surface area (Å²) >= 11 is 5.20. The summed E-state index contributed by atoms with van der Waals surface area (Å²) in [6.07, 6.45) is 4.22. The van der Waals surface area contributed by atoms with E-state index in [1.165, 1.54) is 18.8 Å². The number of halogens is 1. The number of fused-ring (bicyclic) bond motifs is 1. The molecular weight excluding hydrogens is 312 g/mol. The van der Waals surface area contributed by atoms with Gasteiger partial charge in [0.05, 0.1) is 5.69 Å². The predicted octanol–water partition coefficient (Wildman–Crippen LogP) is 1.91. The van der Waals surface area contributed by atoms with E-state index < -0.39 is 0 Å². The highest BCUT2D eigenvalue weighted by Gasteiger charge is 2.17. The minimum absolute atomic E-state index is 0.983. The van der Waals surface area contributed by atoms with Crippen molar-refractivity contribution in [2.75, 3.05) is 38.1 Å². The molecule has 0 unspecified atom stereocenters. The lowest BCUT2D eigenvalue weighted by Crippen LogP contribution is -2.46. The number of alkyl halides is 1. The SMILES string of the molecule is BrCCN1CCN(Cc2cn3ccsc3n2)CC1. The maximum Gasteiger partial charge on any atom is 0.193 e. The Balaban J connectivity index is 1.56. The van der Waals surface area contributed by atoms with Gasteiger partial charge in [0.25, 0.3) is 0 Å². The summed E-state index contributed by atoms with van der Waals surface area (Å²) in [5.41, 5.74) is 1.19. The van der Waals surface area contributed by atoms with E-state index in [0.29, 0.717) is 0 Å². The van der Waals surface area contributed by atoms with Crippen LogP contribution in [0.1, 0.15) is 5.69 Å². The Labute approximate surface area is 119 Å². The topological polar surface area (TPSA) is 23.8 Å². The molecule has 3 rings (SSSR count). The van der Waals surface area contributed by atoms with Crippen molar-refractivity contribution in [2.45, 2.75) is 6.54 Å². The van der Waals surface area contributed by atoms with Crippen LogP contribution in [0.15, 0.2) is 17.8 Å². The van der Waals surface area contributed by atoms with Gasteiger partial charge in [0.2, 0.25) is 0 Å². The van der Waals surface area contributed by atoms with Crippen LogP contribution in [-0.2, 0) is 6.54 Å². The predicted molar refractivity (Wildman–Crippen MR) is 78.6 cm³/mol. The second-order valence-corrected chi connectivity index (χ2v) is 6.30. The second kappa shape index (κ2) is 5.69. The number of rotatable bonds is 4. The van der Waals surface area contributed by atoms with Crippen molar-refractivity contribution >= 4 is 32.2 Å². The van der Waals surface area contributed by atoms with Gasteiger partial charge in [-0.2, -0.15) is 0 Å². The molecule has 18 heavy (non-hydrogen) atoms. The van der Waals surface area contributed by atoms with E-state index in [0.717, 1.165) is 36.5 Å². The summed E-state index contributed by atoms with van der Waals surface area (Å²) in [7, 11) is 0. The van der Waals surface area contributed by atoms with Crippen LogP contribution in [-0.4, -0.2) is 57.2 Å². The van der Waals surface area contributed by atoms with Gasteiger partial charge < -0.3 is 0 Å². The average Bonchev–Trinajstić information content (AvgIpc) is 2.92. The highest BCUT2D eigenvalue weighted by Crippen LogP contribution is 2.13. The van der Waals surface area contributed by atoms with Crippen LogP contribution in [0.3, 0.4) is 0 Å². The lowest BCUT2D eigenvalue weighted by atomic mass is 10.3. The molecule has 0 atom stereocenters. The first-order valence-electron chi connectivity index (χ1n) is 6.27. The van der Waals surface area contributed by atoms with Crippen LogP contribution in [0.5, 0.6) is 0 Å². The fraction of sp³-hybridized carbons (Fsp3) is 0.583. The van der Waals surface area contributed by atoms with Gasteiger partial charge in [-0.15, -0.1) is 11.3 Å². The van der Waals surface area contributed by atoms with Crippen LogP contribution < -0.4 is 0 Å². The molecule has 0 N–H and O–H groups in total. The first kappa shape index (κ1) is 12.6. The van der Waals surface area contributed by atoms with Crippen molar-refractivity contribution in [1.82, 2.24) is 19.2 Å². The molecule has 0 amide bonds. The van der Waals surface area contributed by atoms with Gasteiger partial charge in [-0.05, 0) is 0 Å². The zero-order chi connectivity index (χ0) is 12.4. The Bertz CT molecular complexity index is 472. The van der Waals surface area contributed by atoms with Crippen LogP contribution in [0.25, 0.3) is 4.96 Å². The van der Waals surface area contributed by atoms with Crippen molar-refractivity contribution < 1.29 is 0 Å². The van der Waals surface area contributed by atoms with E-state index in [1.807, 2.05) is 0 Å². The summed E-state index contributed by atoms with van der Waals surface area (Å²) in [5.74, 6) is 0. The Morgan fingerprint density at radius 1 is 1.22 bits per heavy atom. The van der Waals surface area contributed by atoms with Crippen LogP contribution in [0.4, 0.5) is 0 Å². The van der Waals surface area contributed by atoms with E-state index in [-0.39, 0.29) is 0 Å². The van der Waals surface area contributed by atoms with Crippen molar-refractivity contribution in [3.63, 3.8) is 0 Å². The summed E-state index contributed by atoms with van der Waals surface area (Å²) in [4.78, 5) is 10.7. The standard InChI is InChI=1S/C12H17BrN4S/c13-1-2-15-3-5-16(6-4-15)9-11-10-17-7-8-18-12(17)14-11/h7-8,10H,1-6,9H2. The normalized spacial score (nSPS) is 18.7. The highest BCUT2D eigenvalue weighted by atomic mass is 79.9. The minimum Gasteiger partial charge on any atom is -0.300 e. The number of thiazole rings is 1. The van der Waals surface area contributed by atoms with E-state index in [9.17, 15) is 0 Å². The molecule has 1 aliphatic rings.